The highest BCUT2D eigenvalue weighted by Gasteiger charge is 2.03. The molecule has 0 saturated heterocycles. The van der Waals surface area contributed by atoms with Crippen molar-refractivity contribution in [1.29, 1.82) is 0 Å². The number of benzene rings is 1. The second-order valence-corrected chi connectivity index (χ2v) is 5.58. The summed E-state index contributed by atoms with van der Waals surface area (Å²) in [6.45, 7) is 6.50. The average Bonchev–Trinajstić information content (AvgIpc) is 2.78. The Labute approximate surface area is 121 Å². The van der Waals surface area contributed by atoms with Crippen LogP contribution in [-0.4, -0.2) is 24.9 Å². The molecule has 0 amide bonds. The lowest BCUT2D eigenvalue weighted by molar-refractivity contribution is 0.589. The Kier molecular flexibility index (Phi) is 4.28. The fourth-order valence-corrected chi connectivity index (χ4v) is 2.23. The maximum atomic E-state index is 4.53. The number of hydrogen-bond acceptors (Lipinski definition) is 2. The van der Waals surface area contributed by atoms with E-state index in [2.05, 4.69) is 59.6 Å². The first kappa shape index (κ1) is 14.4. The predicted molar refractivity (Wildman–Crippen MR) is 87.6 cm³/mol. The van der Waals surface area contributed by atoms with Crippen LogP contribution >= 0.6 is 0 Å². The summed E-state index contributed by atoms with van der Waals surface area (Å²) >= 11 is 0. The van der Waals surface area contributed by atoms with Crippen LogP contribution in [0.25, 0.3) is 0 Å². The Hall–Kier alpha value is -2.03. The first-order valence-corrected chi connectivity index (χ1v) is 6.97. The van der Waals surface area contributed by atoms with E-state index in [4.69, 9.17) is 0 Å². The first-order valence-electron chi connectivity index (χ1n) is 6.97. The van der Waals surface area contributed by atoms with Gasteiger partial charge in [0.1, 0.15) is 0 Å². The highest BCUT2D eigenvalue weighted by molar-refractivity contribution is 5.82. The van der Waals surface area contributed by atoms with Crippen LogP contribution in [0.3, 0.4) is 0 Å². The molecule has 3 nitrogen and oxygen atoms in total. The van der Waals surface area contributed by atoms with E-state index in [1.807, 2.05) is 32.4 Å². The van der Waals surface area contributed by atoms with Crippen molar-refractivity contribution in [3.63, 3.8) is 0 Å². The number of nitrogens with zero attached hydrogens (tertiary/aromatic N) is 3. The fourth-order valence-electron chi connectivity index (χ4n) is 2.23. The topological polar surface area (TPSA) is 20.5 Å². The molecule has 0 atom stereocenters. The molecule has 1 aromatic carbocycles. The van der Waals surface area contributed by atoms with Crippen LogP contribution in [0.1, 0.15) is 31.1 Å². The molecule has 2 rings (SSSR count). The van der Waals surface area contributed by atoms with Gasteiger partial charge >= 0.3 is 0 Å². The average molecular weight is 269 g/mol. The van der Waals surface area contributed by atoms with Gasteiger partial charge in [0.05, 0.1) is 5.69 Å². The minimum absolute atomic E-state index is 0.483. The zero-order valence-electron chi connectivity index (χ0n) is 13.0. The standard InChI is InChI=1S/C17H23N3/c1-13(2)20-12-15(10-14(20)3)11-18-16-6-8-17(9-7-16)19(4)5/h6-13H,1-5H3. The minimum Gasteiger partial charge on any atom is -0.378 e. The number of aromatic nitrogens is 1. The normalized spacial score (nSPS) is 11.5. The summed E-state index contributed by atoms with van der Waals surface area (Å²) < 4.78 is 2.26. The smallest absolute Gasteiger partial charge is 0.0631 e. The lowest BCUT2D eigenvalue weighted by atomic mass is 10.2. The van der Waals surface area contributed by atoms with Gasteiger partial charge in [-0.2, -0.15) is 0 Å². The van der Waals surface area contributed by atoms with Crippen molar-refractivity contribution >= 4 is 17.6 Å². The van der Waals surface area contributed by atoms with E-state index < -0.39 is 0 Å². The summed E-state index contributed by atoms with van der Waals surface area (Å²) in [5.41, 5.74) is 4.58. The number of anilines is 1. The largest absolute Gasteiger partial charge is 0.378 e. The van der Waals surface area contributed by atoms with Crippen molar-refractivity contribution in [3.8, 4) is 0 Å². The zero-order chi connectivity index (χ0) is 14.7. The van der Waals surface area contributed by atoms with E-state index in [0.717, 1.165) is 11.3 Å². The quantitative estimate of drug-likeness (QED) is 0.762. The van der Waals surface area contributed by atoms with Crippen molar-refractivity contribution in [2.45, 2.75) is 26.8 Å². The third-order valence-electron chi connectivity index (χ3n) is 3.36. The van der Waals surface area contributed by atoms with Gasteiger partial charge in [0.2, 0.25) is 0 Å². The molecule has 0 fully saturated rings. The Morgan fingerprint density at radius 3 is 2.30 bits per heavy atom. The van der Waals surface area contributed by atoms with E-state index in [-0.39, 0.29) is 0 Å². The van der Waals surface area contributed by atoms with Crippen LogP contribution in [0.4, 0.5) is 11.4 Å². The molecule has 20 heavy (non-hydrogen) atoms. The zero-order valence-corrected chi connectivity index (χ0v) is 13.0. The Bertz CT molecular complexity index is 589. The molecule has 2 aromatic rings. The van der Waals surface area contributed by atoms with Gasteiger partial charge in [-0.3, -0.25) is 4.99 Å². The van der Waals surface area contributed by atoms with Crippen LogP contribution in [0.2, 0.25) is 0 Å². The Balaban J connectivity index is 2.14. The summed E-state index contributed by atoms with van der Waals surface area (Å²) in [6.07, 6.45) is 4.08. The molecule has 1 heterocycles. The van der Waals surface area contributed by atoms with E-state index in [9.17, 15) is 0 Å². The maximum Gasteiger partial charge on any atom is 0.0631 e. The lowest BCUT2D eigenvalue weighted by Gasteiger charge is -2.11. The third-order valence-corrected chi connectivity index (χ3v) is 3.36. The van der Waals surface area contributed by atoms with Crippen molar-refractivity contribution < 1.29 is 0 Å². The number of aryl methyl sites for hydroxylation is 1. The van der Waals surface area contributed by atoms with E-state index in [1.165, 1.54) is 11.4 Å². The summed E-state index contributed by atoms with van der Waals surface area (Å²) in [5, 5.41) is 0. The predicted octanol–water partition coefficient (Wildman–Crippen LogP) is 4.19. The SMILES string of the molecule is Cc1cc(C=Nc2ccc(N(C)C)cc2)cn1C(C)C. The molecule has 0 saturated carbocycles. The maximum absolute atomic E-state index is 4.53. The first-order chi connectivity index (χ1) is 9.47. The van der Waals surface area contributed by atoms with Gasteiger partial charge in [-0.15, -0.1) is 0 Å². The molecule has 0 aliphatic heterocycles. The van der Waals surface area contributed by atoms with Crippen molar-refractivity contribution in [1.82, 2.24) is 4.57 Å². The van der Waals surface area contributed by atoms with E-state index in [0.29, 0.717) is 6.04 Å². The highest BCUT2D eigenvalue weighted by atomic mass is 15.1. The second kappa shape index (κ2) is 5.95. The molecule has 3 heteroatoms. The van der Waals surface area contributed by atoms with E-state index in [1.54, 1.807) is 0 Å². The molecule has 0 N–H and O–H groups in total. The molecule has 1 aromatic heterocycles. The second-order valence-electron chi connectivity index (χ2n) is 5.58. The molecule has 0 spiro atoms. The summed E-state index contributed by atoms with van der Waals surface area (Å²) in [7, 11) is 4.07. The van der Waals surface area contributed by atoms with Crippen LogP contribution < -0.4 is 4.90 Å². The van der Waals surface area contributed by atoms with Crippen molar-refractivity contribution in [2.24, 2.45) is 4.99 Å². The van der Waals surface area contributed by atoms with Crippen LogP contribution in [0.15, 0.2) is 41.5 Å². The van der Waals surface area contributed by atoms with Crippen molar-refractivity contribution in [2.75, 3.05) is 19.0 Å². The lowest BCUT2D eigenvalue weighted by Crippen LogP contribution is -2.07. The van der Waals surface area contributed by atoms with Gasteiger partial charge in [-0.1, -0.05) is 0 Å². The van der Waals surface area contributed by atoms with Crippen LogP contribution in [0, 0.1) is 6.92 Å². The summed E-state index contributed by atoms with van der Waals surface area (Å²) in [6, 6.07) is 10.9. The van der Waals surface area contributed by atoms with Crippen molar-refractivity contribution in [3.05, 3.63) is 47.8 Å². The van der Waals surface area contributed by atoms with Gasteiger partial charge in [-0.05, 0) is 51.1 Å². The summed E-state index contributed by atoms with van der Waals surface area (Å²) in [5.74, 6) is 0. The van der Waals surface area contributed by atoms with E-state index >= 15 is 0 Å². The Morgan fingerprint density at radius 1 is 1.15 bits per heavy atom. The molecule has 0 aliphatic carbocycles. The van der Waals surface area contributed by atoms with Gasteiger partial charge in [0.15, 0.2) is 0 Å². The van der Waals surface area contributed by atoms with Gasteiger partial charge in [-0.25, -0.2) is 0 Å². The molecular formula is C17H23N3. The highest BCUT2D eigenvalue weighted by Crippen LogP contribution is 2.18. The van der Waals surface area contributed by atoms with Crippen LogP contribution in [-0.2, 0) is 0 Å². The number of rotatable bonds is 4. The van der Waals surface area contributed by atoms with Gasteiger partial charge in [0, 0.05) is 49.5 Å². The molecule has 0 unspecified atom stereocenters. The number of hydrogen-bond donors (Lipinski definition) is 0. The Morgan fingerprint density at radius 2 is 1.80 bits per heavy atom. The minimum atomic E-state index is 0.483. The molecule has 0 radical (unpaired) electrons. The molecular weight excluding hydrogens is 246 g/mol. The third kappa shape index (κ3) is 3.29. The van der Waals surface area contributed by atoms with Gasteiger partial charge in [0.25, 0.3) is 0 Å². The number of aliphatic imine (C=N–C) groups is 1. The molecule has 0 bridgehead atoms. The monoisotopic (exact) mass is 269 g/mol. The fraction of sp³-hybridized carbons (Fsp3) is 0.353. The summed E-state index contributed by atoms with van der Waals surface area (Å²) in [4.78, 5) is 6.62. The molecule has 0 aliphatic rings. The van der Waals surface area contributed by atoms with Crippen LogP contribution in [0.5, 0.6) is 0 Å². The van der Waals surface area contributed by atoms with Gasteiger partial charge < -0.3 is 9.47 Å². The molecule has 106 valence electrons.